The predicted molar refractivity (Wildman–Crippen MR) is 80.3 cm³/mol. The lowest BCUT2D eigenvalue weighted by molar-refractivity contribution is 0.541. The highest BCUT2D eigenvalue weighted by molar-refractivity contribution is 7.91. The maximum atomic E-state index is 12.2. The Balaban J connectivity index is 2.72. The standard InChI is InChI=1S/C15H25NO2S/c1-5-16-13(4)10-11-19(17,18)15-8-6-14(7-9-15)12(2)3/h6-9,12-13,16H,5,10-11H2,1-4H3. The van der Waals surface area contributed by atoms with E-state index in [0.29, 0.717) is 17.2 Å². The SMILES string of the molecule is CCNC(C)CCS(=O)(=O)c1ccc(C(C)C)cc1. The number of rotatable bonds is 7. The van der Waals surface area contributed by atoms with Crippen molar-refractivity contribution in [2.45, 2.75) is 51.0 Å². The van der Waals surface area contributed by atoms with Crippen LogP contribution in [0.25, 0.3) is 0 Å². The molecule has 0 saturated heterocycles. The van der Waals surface area contributed by atoms with Crippen molar-refractivity contribution in [1.82, 2.24) is 5.32 Å². The normalized spacial score (nSPS) is 13.7. The van der Waals surface area contributed by atoms with Gasteiger partial charge in [-0.1, -0.05) is 32.9 Å². The van der Waals surface area contributed by atoms with E-state index in [2.05, 4.69) is 19.2 Å². The number of hydrogen-bond acceptors (Lipinski definition) is 3. The summed E-state index contributed by atoms with van der Waals surface area (Å²) in [7, 11) is -3.16. The molecule has 0 spiro atoms. The minimum absolute atomic E-state index is 0.197. The summed E-state index contributed by atoms with van der Waals surface area (Å²) in [4.78, 5) is 0.431. The number of benzene rings is 1. The van der Waals surface area contributed by atoms with Crippen LogP contribution in [-0.2, 0) is 9.84 Å². The molecular formula is C15H25NO2S. The maximum Gasteiger partial charge on any atom is 0.178 e. The Hall–Kier alpha value is -0.870. The van der Waals surface area contributed by atoms with Gasteiger partial charge in [0.2, 0.25) is 0 Å². The molecule has 1 rings (SSSR count). The van der Waals surface area contributed by atoms with Gasteiger partial charge in [0.1, 0.15) is 0 Å². The first-order valence-electron chi connectivity index (χ1n) is 6.93. The molecule has 108 valence electrons. The van der Waals surface area contributed by atoms with Gasteiger partial charge in [0.15, 0.2) is 9.84 Å². The van der Waals surface area contributed by atoms with Crippen LogP contribution in [0.2, 0.25) is 0 Å². The van der Waals surface area contributed by atoms with Crippen molar-refractivity contribution in [2.75, 3.05) is 12.3 Å². The third kappa shape index (κ3) is 4.96. The van der Waals surface area contributed by atoms with Gasteiger partial charge in [-0.05, 0) is 43.5 Å². The summed E-state index contributed by atoms with van der Waals surface area (Å²) in [6.45, 7) is 9.10. The van der Waals surface area contributed by atoms with E-state index in [1.807, 2.05) is 26.0 Å². The lowest BCUT2D eigenvalue weighted by atomic mass is 10.0. The van der Waals surface area contributed by atoms with Crippen LogP contribution >= 0.6 is 0 Å². The summed E-state index contributed by atoms with van der Waals surface area (Å²) in [6.07, 6.45) is 0.641. The molecule has 1 unspecified atom stereocenters. The van der Waals surface area contributed by atoms with E-state index < -0.39 is 9.84 Å². The Bertz CT molecular complexity index is 477. The molecule has 0 aliphatic rings. The molecule has 0 fully saturated rings. The second-order valence-electron chi connectivity index (χ2n) is 5.29. The highest BCUT2D eigenvalue weighted by Gasteiger charge is 2.15. The first kappa shape index (κ1) is 16.2. The molecule has 0 heterocycles. The number of sulfone groups is 1. The van der Waals surface area contributed by atoms with Crippen molar-refractivity contribution >= 4 is 9.84 Å². The second-order valence-corrected chi connectivity index (χ2v) is 7.40. The van der Waals surface area contributed by atoms with Crippen molar-refractivity contribution in [3.05, 3.63) is 29.8 Å². The van der Waals surface area contributed by atoms with E-state index in [-0.39, 0.29) is 11.8 Å². The molecule has 1 aromatic rings. The Morgan fingerprint density at radius 2 is 1.68 bits per heavy atom. The van der Waals surface area contributed by atoms with Gasteiger partial charge < -0.3 is 5.32 Å². The van der Waals surface area contributed by atoms with Crippen molar-refractivity contribution < 1.29 is 8.42 Å². The average molecular weight is 283 g/mol. The largest absolute Gasteiger partial charge is 0.314 e. The van der Waals surface area contributed by atoms with E-state index in [1.54, 1.807) is 12.1 Å². The van der Waals surface area contributed by atoms with Crippen LogP contribution in [0.4, 0.5) is 0 Å². The van der Waals surface area contributed by atoms with Gasteiger partial charge >= 0.3 is 0 Å². The molecule has 3 nitrogen and oxygen atoms in total. The first-order valence-corrected chi connectivity index (χ1v) is 8.58. The fourth-order valence-electron chi connectivity index (χ4n) is 1.96. The Labute approximate surface area is 117 Å². The van der Waals surface area contributed by atoms with Crippen molar-refractivity contribution in [2.24, 2.45) is 0 Å². The van der Waals surface area contributed by atoms with Gasteiger partial charge in [-0.15, -0.1) is 0 Å². The van der Waals surface area contributed by atoms with Crippen LogP contribution in [0.1, 0.15) is 45.6 Å². The van der Waals surface area contributed by atoms with Gasteiger partial charge in [-0.25, -0.2) is 8.42 Å². The summed E-state index contributed by atoms with van der Waals surface area (Å²) in [5, 5.41) is 3.23. The van der Waals surface area contributed by atoms with Gasteiger partial charge in [0, 0.05) is 6.04 Å². The molecular weight excluding hydrogens is 258 g/mol. The quantitative estimate of drug-likeness (QED) is 0.837. The molecule has 1 atom stereocenters. The molecule has 0 aliphatic heterocycles. The molecule has 19 heavy (non-hydrogen) atoms. The summed E-state index contributed by atoms with van der Waals surface area (Å²) < 4.78 is 24.4. The number of hydrogen-bond donors (Lipinski definition) is 1. The Morgan fingerprint density at radius 3 is 2.16 bits per heavy atom. The molecule has 0 radical (unpaired) electrons. The number of nitrogens with one attached hydrogen (secondary N) is 1. The lowest BCUT2D eigenvalue weighted by Crippen LogP contribution is -2.27. The van der Waals surface area contributed by atoms with Gasteiger partial charge in [-0.2, -0.15) is 0 Å². The molecule has 0 bridgehead atoms. The third-order valence-electron chi connectivity index (χ3n) is 3.28. The van der Waals surface area contributed by atoms with E-state index in [4.69, 9.17) is 0 Å². The average Bonchev–Trinajstić information content (AvgIpc) is 2.37. The summed E-state index contributed by atoms with van der Waals surface area (Å²) in [5.74, 6) is 0.618. The molecule has 1 N–H and O–H groups in total. The fraction of sp³-hybridized carbons (Fsp3) is 0.600. The molecule has 0 amide bonds. The topological polar surface area (TPSA) is 46.2 Å². The minimum Gasteiger partial charge on any atom is -0.314 e. The molecule has 4 heteroatoms. The van der Waals surface area contributed by atoms with E-state index in [9.17, 15) is 8.42 Å². The Kier molecular flexibility index (Phi) is 6.01. The highest BCUT2D eigenvalue weighted by Crippen LogP contribution is 2.18. The van der Waals surface area contributed by atoms with Crippen molar-refractivity contribution in [1.29, 1.82) is 0 Å². The van der Waals surface area contributed by atoms with Crippen LogP contribution in [0.5, 0.6) is 0 Å². The minimum atomic E-state index is -3.16. The fourth-order valence-corrected chi connectivity index (χ4v) is 3.41. The molecule has 0 aromatic heterocycles. The van der Waals surface area contributed by atoms with Crippen LogP contribution in [0.15, 0.2) is 29.2 Å². The smallest absolute Gasteiger partial charge is 0.178 e. The predicted octanol–water partition coefficient (Wildman–Crippen LogP) is 2.97. The van der Waals surface area contributed by atoms with Crippen LogP contribution in [0, 0.1) is 0 Å². The van der Waals surface area contributed by atoms with Crippen molar-refractivity contribution in [3.63, 3.8) is 0 Å². The van der Waals surface area contributed by atoms with E-state index >= 15 is 0 Å². The van der Waals surface area contributed by atoms with Gasteiger partial charge in [-0.3, -0.25) is 0 Å². The second kappa shape index (κ2) is 7.06. The van der Waals surface area contributed by atoms with Gasteiger partial charge in [0.05, 0.1) is 10.6 Å². The Morgan fingerprint density at radius 1 is 1.11 bits per heavy atom. The monoisotopic (exact) mass is 283 g/mol. The molecule has 0 saturated carbocycles. The zero-order valence-corrected chi connectivity index (χ0v) is 13.1. The first-order chi connectivity index (χ1) is 8.86. The summed E-state index contributed by atoms with van der Waals surface area (Å²) >= 11 is 0. The lowest BCUT2D eigenvalue weighted by Gasteiger charge is -2.12. The van der Waals surface area contributed by atoms with Crippen LogP contribution in [0.3, 0.4) is 0 Å². The zero-order valence-electron chi connectivity index (χ0n) is 12.3. The van der Waals surface area contributed by atoms with Crippen LogP contribution in [-0.4, -0.2) is 26.8 Å². The highest BCUT2D eigenvalue weighted by atomic mass is 32.2. The zero-order chi connectivity index (χ0) is 14.5. The molecule has 0 aliphatic carbocycles. The van der Waals surface area contributed by atoms with Crippen molar-refractivity contribution in [3.8, 4) is 0 Å². The maximum absolute atomic E-state index is 12.2. The summed E-state index contributed by atoms with van der Waals surface area (Å²) in [6, 6.07) is 7.50. The van der Waals surface area contributed by atoms with Crippen LogP contribution < -0.4 is 5.32 Å². The summed E-state index contributed by atoms with van der Waals surface area (Å²) in [5.41, 5.74) is 1.17. The van der Waals surface area contributed by atoms with E-state index in [1.165, 1.54) is 5.56 Å². The third-order valence-corrected chi connectivity index (χ3v) is 5.04. The molecule has 1 aromatic carbocycles. The van der Waals surface area contributed by atoms with E-state index in [0.717, 1.165) is 6.54 Å². The van der Waals surface area contributed by atoms with Gasteiger partial charge in [0.25, 0.3) is 0 Å².